The average molecular weight is 633 g/mol. The first-order chi connectivity index (χ1) is 22.6. The van der Waals surface area contributed by atoms with Crippen molar-refractivity contribution in [2.24, 2.45) is 5.41 Å². The summed E-state index contributed by atoms with van der Waals surface area (Å²) in [5.74, 6) is -0.589. The number of carbonyl (C=O) groups is 4. The Morgan fingerprint density at radius 2 is 0.936 bits per heavy atom. The Hall–Kier alpha value is -5.76. The number of esters is 2. The lowest BCUT2D eigenvalue weighted by molar-refractivity contribution is -0.135. The second-order valence-electron chi connectivity index (χ2n) is 10.8. The molecule has 4 aromatic rings. The lowest BCUT2D eigenvalue weighted by Crippen LogP contribution is -2.42. The van der Waals surface area contributed by atoms with Crippen LogP contribution in [0.2, 0.25) is 0 Å². The number of allylic oxidation sites excluding steroid dienone is 2. The maximum Gasteiger partial charge on any atom is 0.308 e. The van der Waals surface area contributed by atoms with Crippen LogP contribution in [0.25, 0.3) is 12.2 Å². The molecule has 0 unspecified atom stereocenters. The van der Waals surface area contributed by atoms with Gasteiger partial charge in [-0.3, -0.25) is 19.2 Å². The Morgan fingerprint density at radius 1 is 0.553 bits per heavy atom. The van der Waals surface area contributed by atoms with E-state index >= 15 is 0 Å². The molecule has 4 rings (SSSR count). The largest absolute Gasteiger partial charge is 0.493 e. The molecule has 0 saturated heterocycles. The van der Waals surface area contributed by atoms with Gasteiger partial charge in [0.1, 0.15) is 5.41 Å². The molecule has 0 amide bonds. The molecule has 47 heavy (non-hydrogen) atoms. The van der Waals surface area contributed by atoms with Gasteiger partial charge >= 0.3 is 11.9 Å². The van der Waals surface area contributed by atoms with E-state index in [1.165, 1.54) is 40.2 Å². The predicted molar refractivity (Wildman–Crippen MR) is 179 cm³/mol. The van der Waals surface area contributed by atoms with E-state index < -0.39 is 17.4 Å². The van der Waals surface area contributed by atoms with E-state index in [0.29, 0.717) is 22.6 Å². The van der Waals surface area contributed by atoms with Crippen molar-refractivity contribution in [1.82, 2.24) is 0 Å². The van der Waals surface area contributed by atoms with Crippen molar-refractivity contribution < 1.29 is 38.1 Å². The molecule has 0 fully saturated rings. The van der Waals surface area contributed by atoms with Gasteiger partial charge in [-0.25, -0.2) is 0 Å². The van der Waals surface area contributed by atoms with Crippen LogP contribution in [-0.4, -0.2) is 37.7 Å². The zero-order valence-electron chi connectivity index (χ0n) is 26.7. The van der Waals surface area contributed by atoms with Crippen LogP contribution in [0.3, 0.4) is 0 Å². The van der Waals surface area contributed by atoms with E-state index in [2.05, 4.69) is 0 Å². The van der Waals surface area contributed by atoms with Gasteiger partial charge in [-0.2, -0.15) is 0 Å². The Balaban J connectivity index is 1.77. The molecule has 8 heteroatoms. The van der Waals surface area contributed by atoms with Gasteiger partial charge in [-0.05, 0) is 71.5 Å². The van der Waals surface area contributed by atoms with Gasteiger partial charge < -0.3 is 18.9 Å². The van der Waals surface area contributed by atoms with E-state index in [9.17, 15) is 19.2 Å². The van der Waals surface area contributed by atoms with Gasteiger partial charge in [-0.1, -0.05) is 84.9 Å². The fourth-order valence-corrected chi connectivity index (χ4v) is 5.14. The molecule has 0 aliphatic rings. The van der Waals surface area contributed by atoms with Crippen LogP contribution < -0.4 is 18.9 Å². The topological polar surface area (TPSA) is 105 Å². The lowest BCUT2D eigenvalue weighted by atomic mass is 9.69. The molecule has 0 bridgehead atoms. The van der Waals surface area contributed by atoms with Gasteiger partial charge in [0.25, 0.3) is 0 Å². The third-order valence-electron chi connectivity index (χ3n) is 7.38. The molecule has 0 saturated carbocycles. The van der Waals surface area contributed by atoms with Gasteiger partial charge in [0, 0.05) is 13.8 Å². The zero-order chi connectivity index (χ0) is 33.8. The van der Waals surface area contributed by atoms with Crippen LogP contribution in [0.5, 0.6) is 23.0 Å². The number of hydrogen-bond donors (Lipinski definition) is 0. The summed E-state index contributed by atoms with van der Waals surface area (Å²) in [7, 11) is 2.91. The van der Waals surface area contributed by atoms with Crippen LogP contribution in [0.4, 0.5) is 0 Å². The molecule has 0 heterocycles. The third-order valence-corrected chi connectivity index (χ3v) is 7.38. The van der Waals surface area contributed by atoms with Crippen molar-refractivity contribution in [2.45, 2.75) is 26.7 Å². The molecule has 0 aromatic heterocycles. The zero-order valence-corrected chi connectivity index (χ0v) is 26.7. The Labute approximate surface area is 274 Å². The first-order valence-corrected chi connectivity index (χ1v) is 14.9. The van der Waals surface area contributed by atoms with Crippen molar-refractivity contribution in [3.63, 3.8) is 0 Å². The lowest BCUT2D eigenvalue weighted by Gasteiger charge is -2.29. The monoisotopic (exact) mass is 632 g/mol. The summed E-state index contributed by atoms with van der Waals surface area (Å²) < 4.78 is 21.2. The van der Waals surface area contributed by atoms with Crippen LogP contribution in [0.1, 0.15) is 36.1 Å². The summed E-state index contributed by atoms with van der Waals surface area (Å²) in [5.41, 5.74) is 1.38. The first kappa shape index (κ1) is 34.1. The number of methoxy groups -OCH3 is 2. The van der Waals surface area contributed by atoms with Crippen molar-refractivity contribution in [1.29, 1.82) is 0 Å². The molecule has 8 nitrogen and oxygen atoms in total. The van der Waals surface area contributed by atoms with E-state index in [0.717, 1.165) is 11.1 Å². The van der Waals surface area contributed by atoms with E-state index in [4.69, 9.17) is 18.9 Å². The fourth-order valence-electron chi connectivity index (χ4n) is 5.14. The second-order valence-corrected chi connectivity index (χ2v) is 10.8. The predicted octanol–water partition coefficient (Wildman–Crippen LogP) is 6.89. The van der Waals surface area contributed by atoms with Gasteiger partial charge in [0.2, 0.25) is 0 Å². The summed E-state index contributed by atoms with van der Waals surface area (Å²) >= 11 is 0. The highest BCUT2D eigenvalue weighted by molar-refractivity contribution is 6.17. The molecule has 0 atom stereocenters. The molecular formula is C39H36O8. The summed E-state index contributed by atoms with van der Waals surface area (Å²) in [4.78, 5) is 51.8. The molecule has 0 spiro atoms. The van der Waals surface area contributed by atoms with Crippen LogP contribution in [-0.2, 0) is 32.0 Å². The van der Waals surface area contributed by atoms with Crippen LogP contribution in [0, 0.1) is 5.41 Å². The number of benzene rings is 4. The maximum atomic E-state index is 14.4. The van der Waals surface area contributed by atoms with Crippen molar-refractivity contribution in [3.8, 4) is 23.0 Å². The SMILES string of the molecule is COc1cc(/C=C/C(=O)C(Cc2ccccc2)(Cc2ccccc2)C(=O)/C=C/c2ccc(OC(C)=O)c(OC)c2)ccc1OC(C)=O. The average Bonchev–Trinajstić information content (AvgIpc) is 3.07. The minimum absolute atomic E-state index is 0.151. The van der Waals surface area contributed by atoms with Crippen molar-refractivity contribution in [3.05, 3.63) is 131 Å². The maximum absolute atomic E-state index is 14.4. The molecule has 240 valence electrons. The summed E-state index contributed by atoms with van der Waals surface area (Å²) in [6.07, 6.45) is 6.35. The van der Waals surface area contributed by atoms with Gasteiger partial charge in [0.15, 0.2) is 34.6 Å². The number of ketones is 2. The number of carbonyl (C=O) groups excluding carboxylic acids is 4. The van der Waals surface area contributed by atoms with E-state index in [1.807, 2.05) is 60.7 Å². The van der Waals surface area contributed by atoms with E-state index in [1.54, 1.807) is 48.6 Å². The highest BCUT2D eigenvalue weighted by atomic mass is 16.6. The Morgan fingerprint density at radius 3 is 1.28 bits per heavy atom. The summed E-state index contributed by atoms with van der Waals surface area (Å²) in [6.45, 7) is 2.59. The minimum atomic E-state index is -1.50. The molecule has 0 aliphatic carbocycles. The normalized spacial score (nSPS) is 11.3. The molecule has 0 N–H and O–H groups in total. The number of ether oxygens (including phenoxy) is 4. The molecule has 0 aliphatic heterocycles. The van der Waals surface area contributed by atoms with Gasteiger partial charge in [0.05, 0.1) is 14.2 Å². The third kappa shape index (κ3) is 9.14. The quantitative estimate of drug-likeness (QED) is 0.0641. The van der Waals surface area contributed by atoms with Crippen molar-refractivity contribution >= 4 is 35.7 Å². The summed E-state index contributed by atoms with van der Waals surface area (Å²) in [5, 5.41) is 0. The van der Waals surface area contributed by atoms with Gasteiger partial charge in [-0.15, -0.1) is 0 Å². The Bertz CT molecular complexity index is 1660. The highest BCUT2D eigenvalue weighted by Gasteiger charge is 2.43. The van der Waals surface area contributed by atoms with Crippen LogP contribution >= 0.6 is 0 Å². The second kappa shape index (κ2) is 16.0. The molecule has 4 aromatic carbocycles. The molecular weight excluding hydrogens is 596 g/mol. The summed E-state index contributed by atoms with van der Waals surface area (Å²) in [6, 6.07) is 28.7. The smallest absolute Gasteiger partial charge is 0.308 e. The van der Waals surface area contributed by atoms with E-state index in [-0.39, 0.29) is 35.9 Å². The highest BCUT2D eigenvalue weighted by Crippen LogP contribution is 2.34. The first-order valence-electron chi connectivity index (χ1n) is 14.9. The standard InChI is InChI=1S/C39H36O8/c1-27(40)46-33-19-15-29(23-35(33)44-3)17-21-37(42)39(25-31-11-7-5-8-12-31,26-32-13-9-6-10-14-32)38(43)22-18-30-16-20-34(47-28(2)41)36(24-30)45-4/h5-24H,25-26H2,1-4H3/b21-17+,22-18+. The number of hydrogen-bond acceptors (Lipinski definition) is 8. The number of rotatable bonds is 14. The van der Waals surface area contributed by atoms with Crippen LogP contribution in [0.15, 0.2) is 109 Å². The Kier molecular flexibility index (Phi) is 11.6. The van der Waals surface area contributed by atoms with Crippen molar-refractivity contribution in [2.75, 3.05) is 14.2 Å². The molecule has 0 radical (unpaired) electrons. The fraction of sp³-hybridized carbons (Fsp3) is 0.179. The minimum Gasteiger partial charge on any atom is -0.493 e.